The first-order valence-electron chi connectivity index (χ1n) is 12.3. The third-order valence-corrected chi connectivity index (χ3v) is 6.49. The number of benzene rings is 4. The van der Waals surface area contributed by atoms with Crippen LogP contribution in [0.2, 0.25) is 0 Å². The molecule has 1 aliphatic heterocycles. The lowest BCUT2D eigenvalue weighted by Gasteiger charge is -2.26. The average molecular weight is 490 g/mol. The summed E-state index contributed by atoms with van der Waals surface area (Å²) in [5, 5.41) is 11.2. The summed E-state index contributed by atoms with van der Waals surface area (Å²) in [5.74, 6) is -0.861. The second-order valence-electron chi connectivity index (χ2n) is 8.94. The SMILES string of the molecule is O=C1C(=O)N(CCc2ccccc2)C(c2cccc(OCc3ccccc3)c2)C1=C(O)c1ccccc1. The van der Waals surface area contributed by atoms with Crippen LogP contribution in [0.1, 0.15) is 28.3 Å². The molecule has 4 aromatic rings. The monoisotopic (exact) mass is 489 g/mol. The minimum atomic E-state index is -0.732. The summed E-state index contributed by atoms with van der Waals surface area (Å²) in [4.78, 5) is 28.1. The van der Waals surface area contributed by atoms with Gasteiger partial charge in [-0.15, -0.1) is 0 Å². The van der Waals surface area contributed by atoms with Gasteiger partial charge in [0.25, 0.3) is 11.7 Å². The molecule has 0 saturated carbocycles. The van der Waals surface area contributed by atoms with Crippen molar-refractivity contribution in [3.8, 4) is 5.75 Å². The lowest BCUT2D eigenvalue weighted by Crippen LogP contribution is -2.31. The van der Waals surface area contributed by atoms with Gasteiger partial charge in [-0.3, -0.25) is 9.59 Å². The molecular weight excluding hydrogens is 462 g/mol. The Morgan fingerprint density at radius 1 is 0.757 bits per heavy atom. The van der Waals surface area contributed by atoms with Gasteiger partial charge in [0.1, 0.15) is 18.1 Å². The Kier molecular flexibility index (Phi) is 7.13. The zero-order valence-corrected chi connectivity index (χ0v) is 20.3. The van der Waals surface area contributed by atoms with Crippen LogP contribution >= 0.6 is 0 Å². The van der Waals surface area contributed by atoms with Crippen LogP contribution in [0.5, 0.6) is 5.75 Å². The molecule has 1 heterocycles. The van der Waals surface area contributed by atoms with Gasteiger partial charge in [0.05, 0.1) is 11.6 Å². The number of Topliss-reactive ketones (excluding diaryl/α,β-unsaturated/α-hetero) is 1. The highest BCUT2D eigenvalue weighted by atomic mass is 16.5. The van der Waals surface area contributed by atoms with E-state index in [9.17, 15) is 14.7 Å². The highest BCUT2D eigenvalue weighted by molar-refractivity contribution is 6.46. The number of aliphatic hydroxyl groups is 1. The summed E-state index contributed by atoms with van der Waals surface area (Å²) in [7, 11) is 0. The molecular formula is C32H27NO4. The molecule has 1 atom stereocenters. The van der Waals surface area contributed by atoms with Crippen LogP contribution in [-0.4, -0.2) is 28.2 Å². The van der Waals surface area contributed by atoms with Crippen LogP contribution in [0.4, 0.5) is 0 Å². The number of carbonyl (C=O) groups excluding carboxylic acids is 2. The lowest BCUT2D eigenvalue weighted by molar-refractivity contribution is -0.139. The maximum Gasteiger partial charge on any atom is 0.295 e. The quantitative estimate of drug-likeness (QED) is 0.189. The van der Waals surface area contributed by atoms with Gasteiger partial charge in [-0.05, 0) is 35.2 Å². The largest absolute Gasteiger partial charge is 0.507 e. The molecule has 5 rings (SSSR count). The number of likely N-dealkylation sites (tertiary alicyclic amines) is 1. The fraction of sp³-hybridized carbons (Fsp3) is 0.125. The topological polar surface area (TPSA) is 66.8 Å². The maximum atomic E-state index is 13.3. The average Bonchev–Trinajstić information content (AvgIpc) is 3.21. The Morgan fingerprint density at radius 3 is 2.05 bits per heavy atom. The van der Waals surface area contributed by atoms with Crippen molar-refractivity contribution in [2.45, 2.75) is 19.1 Å². The Bertz CT molecular complexity index is 1420. The third-order valence-electron chi connectivity index (χ3n) is 6.49. The number of rotatable bonds is 8. The number of hydrogen-bond donors (Lipinski definition) is 1. The Morgan fingerprint density at radius 2 is 1.38 bits per heavy atom. The van der Waals surface area contributed by atoms with Gasteiger partial charge < -0.3 is 14.7 Å². The van der Waals surface area contributed by atoms with Crippen LogP contribution < -0.4 is 4.74 Å². The molecule has 0 bridgehead atoms. The van der Waals surface area contributed by atoms with Crippen LogP contribution in [0, 0.1) is 0 Å². The van der Waals surface area contributed by atoms with E-state index in [1.807, 2.05) is 91.0 Å². The van der Waals surface area contributed by atoms with E-state index in [0.717, 1.165) is 11.1 Å². The van der Waals surface area contributed by atoms with E-state index < -0.39 is 17.7 Å². The first-order valence-corrected chi connectivity index (χ1v) is 12.3. The number of ketones is 1. The maximum absolute atomic E-state index is 13.3. The minimum Gasteiger partial charge on any atom is -0.507 e. The van der Waals surface area contributed by atoms with Gasteiger partial charge in [0.2, 0.25) is 0 Å². The number of hydrogen-bond acceptors (Lipinski definition) is 4. The molecule has 1 aliphatic rings. The van der Waals surface area contributed by atoms with Crippen molar-refractivity contribution in [3.05, 3.63) is 143 Å². The molecule has 1 amide bonds. The molecule has 37 heavy (non-hydrogen) atoms. The summed E-state index contributed by atoms with van der Waals surface area (Å²) >= 11 is 0. The summed E-state index contributed by atoms with van der Waals surface area (Å²) in [6.07, 6.45) is 0.583. The molecule has 0 radical (unpaired) electrons. The third kappa shape index (κ3) is 5.31. The highest BCUT2D eigenvalue weighted by Gasteiger charge is 2.45. The minimum absolute atomic E-state index is 0.0875. The number of amides is 1. The smallest absolute Gasteiger partial charge is 0.295 e. The molecule has 0 aliphatic carbocycles. The van der Waals surface area contributed by atoms with Gasteiger partial charge in [-0.1, -0.05) is 103 Å². The second-order valence-corrected chi connectivity index (χ2v) is 8.94. The van der Waals surface area contributed by atoms with Crippen molar-refractivity contribution in [2.75, 3.05) is 6.54 Å². The number of carbonyl (C=O) groups is 2. The van der Waals surface area contributed by atoms with Gasteiger partial charge in [0.15, 0.2) is 0 Å². The predicted octanol–water partition coefficient (Wildman–Crippen LogP) is 5.93. The Labute approximate surface area is 216 Å². The van der Waals surface area contributed by atoms with Crippen LogP contribution in [0.15, 0.2) is 121 Å². The molecule has 0 aromatic heterocycles. The van der Waals surface area contributed by atoms with Crippen LogP contribution in [0.3, 0.4) is 0 Å². The molecule has 1 fully saturated rings. The summed E-state index contributed by atoms with van der Waals surface area (Å²) in [6, 6.07) is 35.2. The molecule has 4 aromatic carbocycles. The van der Waals surface area contributed by atoms with Crippen molar-refractivity contribution in [2.24, 2.45) is 0 Å². The van der Waals surface area contributed by atoms with Crippen LogP contribution in [0.25, 0.3) is 5.76 Å². The van der Waals surface area contributed by atoms with Crippen molar-refractivity contribution in [3.63, 3.8) is 0 Å². The first-order chi connectivity index (χ1) is 18.1. The zero-order chi connectivity index (χ0) is 25.6. The zero-order valence-electron chi connectivity index (χ0n) is 20.3. The molecule has 184 valence electrons. The van der Waals surface area contributed by atoms with E-state index in [-0.39, 0.29) is 11.3 Å². The molecule has 1 unspecified atom stereocenters. The summed E-state index contributed by atoms with van der Waals surface area (Å²) in [6.45, 7) is 0.725. The number of ether oxygens (including phenoxy) is 1. The van der Waals surface area contributed by atoms with Crippen LogP contribution in [-0.2, 0) is 22.6 Å². The normalized spacial score (nSPS) is 16.6. The van der Waals surface area contributed by atoms with E-state index in [2.05, 4.69) is 0 Å². The molecule has 1 saturated heterocycles. The first kappa shape index (κ1) is 24.1. The summed E-state index contributed by atoms with van der Waals surface area (Å²) < 4.78 is 6.02. The Balaban J connectivity index is 1.51. The molecule has 5 nitrogen and oxygen atoms in total. The predicted molar refractivity (Wildman–Crippen MR) is 143 cm³/mol. The fourth-order valence-corrected chi connectivity index (χ4v) is 4.62. The fourth-order valence-electron chi connectivity index (χ4n) is 4.62. The van der Waals surface area contributed by atoms with Gasteiger partial charge >= 0.3 is 0 Å². The molecule has 1 N–H and O–H groups in total. The standard InChI is InChI=1S/C32H27NO4/c34-30(25-15-8-3-9-16-25)28-29(33(32(36)31(28)35)20-19-23-11-4-1-5-12-23)26-17-10-18-27(21-26)37-22-24-13-6-2-7-14-24/h1-18,21,29,34H,19-20,22H2. The van der Waals surface area contributed by atoms with E-state index >= 15 is 0 Å². The second kappa shape index (κ2) is 11.0. The van der Waals surface area contributed by atoms with Gasteiger partial charge in [-0.25, -0.2) is 0 Å². The van der Waals surface area contributed by atoms with Gasteiger partial charge in [-0.2, -0.15) is 0 Å². The molecule has 5 heteroatoms. The van der Waals surface area contributed by atoms with E-state index in [0.29, 0.717) is 36.4 Å². The van der Waals surface area contributed by atoms with Crippen molar-refractivity contribution in [1.82, 2.24) is 4.90 Å². The van der Waals surface area contributed by atoms with E-state index in [1.54, 1.807) is 29.2 Å². The van der Waals surface area contributed by atoms with Crippen molar-refractivity contribution in [1.29, 1.82) is 0 Å². The number of nitrogens with zero attached hydrogens (tertiary/aromatic N) is 1. The summed E-state index contributed by atoms with van der Waals surface area (Å²) in [5.41, 5.74) is 3.38. The van der Waals surface area contributed by atoms with Gasteiger partial charge in [0, 0.05) is 12.1 Å². The van der Waals surface area contributed by atoms with E-state index in [4.69, 9.17) is 4.74 Å². The van der Waals surface area contributed by atoms with Crippen molar-refractivity contribution < 1.29 is 19.4 Å². The lowest BCUT2D eigenvalue weighted by atomic mass is 9.95. The number of aliphatic hydroxyl groups excluding tert-OH is 1. The highest BCUT2D eigenvalue weighted by Crippen LogP contribution is 2.40. The van der Waals surface area contributed by atoms with E-state index in [1.165, 1.54) is 0 Å². The van der Waals surface area contributed by atoms with Crippen molar-refractivity contribution >= 4 is 17.4 Å². The molecule has 0 spiro atoms. The Hall–Kier alpha value is -4.64.